The van der Waals surface area contributed by atoms with Gasteiger partial charge in [0, 0.05) is 30.2 Å². The number of ether oxygens (including phenoxy) is 1. The summed E-state index contributed by atoms with van der Waals surface area (Å²) < 4.78 is 46.4. The summed E-state index contributed by atoms with van der Waals surface area (Å²) in [6.07, 6.45) is -2.48. The Kier molecular flexibility index (Phi) is 5.73. The lowest BCUT2D eigenvalue weighted by molar-refractivity contribution is -0.137. The minimum atomic E-state index is -4.61. The molecule has 0 bridgehead atoms. The van der Waals surface area contributed by atoms with Gasteiger partial charge in [-0.1, -0.05) is 11.6 Å². The van der Waals surface area contributed by atoms with Gasteiger partial charge in [-0.3, -0.25) is 9.78 Å². The molecule has 0 saturated carbocycles. The highest BCUT2D eigenvalue weighted by Crippen LogP contribution is 2.41. The number of halogens is 4. The molecule has 0 N–H and O–H groups in total. The SMILES string of the molecule is Cc1ccnc(-c2cc3ncnc(N4CCN(C(=O)C5CO5)C(C#N)C4)c3cc2Cl)c1C(F)(F)F. The zero-order valence-corrected chi connectivity index (χ0v) is 19.1. The van der Waals surface area contributed by atoms with Gasteiger partial charge in [0.2, 0.25) is 0 Å². The molecular formula is C23H18ClF3N6O2. The number of epoxide rings is 1. The fourth-order valence-corrected chi connectivity index (χ4v) is 4.60. The molecule has 0 radical (unpaired) electrons. The first-order chi connectivity index (χ1) is 16.7. The van der Waals surface area contributed by atoms with Gasteiger partial charge in [-0.25, -0.2) is 9.97 Å². The zero-order valence-electron chi connectivity index (χ0n) is 18.4. The summed E-state index contributed by atoms with van der Waals surface area (Å²) in [7, 11) is 0. The topological polar surface area (TPSA) is 98.5 Å². The van der Waals surface area contributed by atoms with Crippen molar-refractivity contribution in [3.63, 3.8) is 0 Å². The molecule has 2 unspecified atom stereocenters. The number of rotatable bonds is 3. The Morgan fingerprint density at radius 1 is 1.26 bits per heavy atom. The van der Waals surface area contributed by atoms with E-state index >= 15 is 0 Å². The lowest BCUT2D eigenvalue weighted by Gasteiger charge is -2.38. The monoisotopic (exact) mass is 502 g/mol. The van der Waals surface area contributed by atoms with Gasteiger partial charge < -0.3 is 14.5 Å². The van der Waals surface area contributed by atoms with Crippen LogP contribution in [-0.2, 0) is 15.7 Å². The third kappa shape index (κ3) is 4.24. The number of aromatic nitrogens is 3. The first-order valence-corrected chi connectivity index (χ1v) is 11.1. The number of nitriles is 1. The largest absolute Gasteiger partial charge is 0.418 e. The van der Waals surface area contributed by atoms with Crippen LogP contribution in [0.25, 0.3) is 22.2 Å². The molecule has 2 fully saturated rings. The van der Waals surface area contributed by atoms with Gasteiger partial charge in [0.05, 0.1) is 41.0 Å². The molecule has 1 aromatic carbocycles. The average molecular weight is 503 g/mol. The fraction of sp³-hybridized carbons (Fsp3) is 0.348. The van der Waals surface area contributed by atoms with Crippen LogP contribution >= 0.6 is 11.6 Å². The van der Waals surface area contributed by atoms with E-state index in [1.54, 1.807) is 0 Å². The number of nitrogens with zero attached hydrogens (tertiary/aromatic N) is 6. The molecule has 35 heavy (non-hydrogen) atoms. The van der Waals surface area contributed by atoms with Crippen molar-refractivity contribution in [3.8, 4) is 17.3 Å². The highest BCUT2D eigenvalue weighted by Gasteiger charge is 2.41. The molecule has 2 aliphatic rings. The van der Waals surface area contributed by atoms with Crippen molar-refractivity contribution in [2.24, 2.45) is 0 Å². The van der Waals surface area contributed by atoms with Crippen molar-refractivity contribution >= 4 is 34.2 Å². The number of anilines is 1. The van der Waals surface area contributed by atoms with E-state index in [1.807, 2.05) is 4.90 Å². The van der Waals surface area contributed by atoms with Gasteiger partial charge in [0.1, 0.15) is 18.2 Å². The second-order valence-electron chi connectivity index (χ2n) is 8.34. The number of benzene rings is 1. The number of amides is 1. The maximum atomic E-state index is 13.8. The Labute approximate surface area is 202 Å². The van der Waals surface area contributed by atoms with Crippen LogP contribution in [0.15, 0.2) is 30.7 Å². The summed E-state index contributed by atoms with van der Waals surface area (Å²) in [5.74, 6) is 0.272. The maximum absolute atomic E-state index is 13.8. The Balaban J connectivity index is 1.53. The third-order valence-corrected chi connectivity index (χ3v) is 6.43. The maximum Gasteiger partial charge on any atom is 0.418 e. The Morgan fingerprint density at radius 3 is 2.71 bits per heavy atom. The number of alkyl halides is 3. The quantitative estimate of drug-likeness (QED) is 0.504. The van der Waals surface area contributed by atoms with Gasteiger partial charge >= 0.3 is 6.18 Å². The number of carbonyl (C=O) groups is 1. The molecule has 4 heterocycles. The van der Waals surface area contributed by atoms with E-state index in [4.69, 9.17) is 16.3 Å². The summed E-state index contributed by atoms with van der Waals surface area (Å²) in [6.45, 7) is 2.64. The molecule has 0 aliphatic carbocycles. The Hall–Kier alpha value is -3.49. The van der Waals surface area contributed by atoms with Crippen molar-refractivity contribution in [2.75, 3.05) is 31.1 Å². The van der Waals surface area contributed by atoms with Crippen LogP contribution in [0.3, 0.4) is 0 Å². The van der Waals surface area contributed by atoms with Crippen molar-refractivity contribution in [1.29, 1.82) is 5.26 Å². The predicted molar refractivity (Wildman–Crippen MR) is 121 cm³/mol. The zero-order chi connectivity index (χ0) is 24.9. The normalized spacial score (nSPS) is 20.1. The number of fused-ring (bicyclic) bond motifs is 1. The van der Waals surface area contributed by atoms with Gasteiger partial charge in [0.15, 0.2) is 6.10 Å². The molecular weight excluding hydrogens is 485 g/mol. The van der Waals surface area contributed by atoms with Crippen molar-refractivity contribution in [3.05, 3.63) is 46.9 Å². The molecule has 12 heteroatoms. The van der Waals surface area contributed by atoms with Crippen LogP contribution in [0.4, 0.5) is 19.0 Å². The van der Waals surface area contributed by atoms with Crippen molar-refractivity contribution in [2.45, 2.75) is 25.2 Å². The average Bonchev–Trinajstić information content (AvgIpc) is 3.67. The van der Waals surface area contributed by atoms with Crippen LogP contribution in [0, 0.1) is 18.3 Å². The molecule has 5 rings (SSSR count). The lowest BCUT2D eigenvalue weighted by Crippen LogP contribution is -2.56. The predicted octanol–water partition coefficient (Wildman–Crippen LogP) is 3.61. The second kappa shape index (κ2) is 8.62. The van der Waals surface area contributed by atoms with Crippen LogP contribution in [0.2, 0.25) is 5.02 Å². The number of carbonyl (C=O) groups excluding carboxylic acids is 1. The highest BCUT2D eigenvalue weighted by molar-refractivity contribution is 6.34. The molecule has 1 amide bonds. The highest BCUT2D eigenvalue weighted by atomic mass is 35.5. The van der Waals surface area contributed by atoms with E-state index in [0.29, 0.717) is 36.4 Å². The number of pyridine rings is 1. The van der Waals surface area contributed by atoms with Crippen LogP contribution in [0.5, 0.6) is 0 Å². The summed E-state index contributed by atoms with van der Waals surface area (Å²) in [5.41, 5.74) is -0.608. The van der Waals surface area contributed by atoms with Crippen LogP contribution in [0.1, 0.15) is 11.1 Å². The lowest BCUT2D eigenvalue weighted by atomic mass is 10.00. The standard InChI is InChI=1S/C23H18ClF3N6O2/c1-12-2-3-29-20(19(12)23(25,26)27)14-7-17-15(6-16(14)24)21(31-11-30-17)32-4-5-33(13(8-28)9-32)22(34)18-10-35-18/h2-3,6-7,11,13,18H,4-5,9-10H2,1H3. The van der Waals surface area contributed by atoms with Gasteiger partial charge in [-0.15, -0.1) is 0 Å². The number of hydrogen-bond donors (Lipinski definition) is 0. The summed E-state index contributed by atoms with van der Waals surface area (Å²) in [4.78, 5) is 28.3. The number of aryl methyl sites for hydroxylation is 1. The van der Waals surface area contributed by atoms with E-state index in [9.17, 15) is 23.2 Å². The Bertz CT molecular complexity index is 1370. The van der Waals surface area contributed by atoms with E-state index < -0.39 is 23.9 Å². The minimum Gasteiger partial charge on any atom is -0.363 e. The second-order valence-corrected chi connectivity index (χ2v) is 8.75. The molecule has 0 spiro atoms. The first-order valence-electron chi connectivity index (χ1n) is 10.7. The Morgan fingerprint density at radius 2 is 2.03 bits per heavy atom. The first kappa shape index (κ1) is 23.3. The van der Waals surface area contributed by atoms with E-state index in [2.05, 4.69) is 21.0 Å². The van der Waals surface area contributed by atoms with Crippen LogP contribution in [-0.4, -0.2) is 64.1 Å². The smallest absolute Gasteiger partial charge is 0.363 e. The molecule has 8 nitrogen and oxygen atoms in total. The van der Waals surface area contributed by atoms with Gasteiger partial charge in [-0.05, 0) is 30.7 Å². The van der Waals surface area contributed by atoms with E-state index in [-0.39, 0.29) is 34.3 Å². The summed E-state index contributed by atoms with van der Waals surface area (Å²) >= 11 is 6.48. The summed E-state index contributed by atoms with van der Waals surface area (Å²) in [6, 6.07) is 5.73. The van der Waals surface area contributed by atoms with Gasteiger partial charge in [-0.2, -0.15) is 18.4 Å². The van der Waals surface area contributed by atoms with E-state index in [0.717, 1.165) is 0 Å². The molecule has 2 saturated heterocycles. The number of hydrogen-bond acceptors (Lipinski definition) is 7. The molecule has 180 valence electrons. The molecule has 2 atom stereocenters. The van der Waals surface area contributed by atoms with Gasteiger partial charge in [0.25, 0.3) is 5.91 Å². The van der Waals surface area contributed by atoms with Crippen molar-refractivity contribution < 1.29 is 22.7 Å². The molecule has 2 aliphatic heterocycles. The fourth-order valence-electron chi connectivity index (χ4n) is 4.34. The molecule has 3 aromatic rings. The minimum absolute atomic E-state index is 0.0357. The molecule has 2 aromatic heterocycles. The van der Waals surface area contributed by atoms with Crippen molar-refractivity contribution in [1.82, 2.24) is 19.9 Å². The third-order valence-electron chi connectivity index (χ3n) is 6.12. The number of piperazine rings is 1. The van der Waals surface area contributed by atoms with Crippen LogP contribution < -0.4 is 4.90 Å². The van der Waals surface area contributed by atoms with E-state index in [1.165, 1.54) is 42.5 Å². The summed E-state index contributed by atoms with van der Waals surface area (Å²) in [5, 5.41) is 10.2.